The number of amides is 1. The number of nitrogens with one attached hydrogen (secondary N) is 1. The van der Waals surface area contributed by atoms with Gasteiger partial charge in [0, 0.05) is 25.7 Å². The van der Waals surface area contributed by atoms with E-state index >= 15 is 0 Å². The standard InChI is InChI=1S/C18H21N5OS.2ClH/c1-12-9-19-7-8-22(12)16(24)10-23-15-6-4-3-5-14(15)21-18(23)17-13(2)20-11-25-17;;/h3-6,11-12,19H,7-10H2,1-2H3;2*1H/t12-;;/m0../s1. The van der Waals surface area contributed by atoms with Gasteiger partial charge in [0.15, 0.2) is 5.82 Å². The van der Waals surface area contributed by atoms with Gasteiger partial charge in [0.1, 0.15) is 6.54 Å². The Morgan fingerprint density at radius 3 is 2.81 bits per heavy atom. The van der Waals surface area contributed by atoms with Crippen molar-refractivity contribution in [3.05, 3.63) is 35.5 Å². The van der Waals surface area contributed by atoms with Gasteiger partial charge in [-0.05, 0) is 26.0 Å². The second-order valence-corrected chi connectivity index (χ2v) is 7.27. The van der Waals surface area contributed by atoms with Gasteiger partial charge in [-0.2, -0.15) is 0 Å². The zero-order chi connectivity index (χ0) is 17.4. The van der Waals surface area contributed by atoms with Crippen molar-refractivity contribution in [2.75, 3.05) is 19.6 Å². The first-order chi connectivity index (χ1) is 12.1. The third-order valence-electron chi connectivity index (χ3n) is 4.72. The number of thiazole rings is 1. The lowest BCUT2D eigenvalue weighted by molar-refractivity contribution is -0.134. The largest absolute Gasteiger partial charge is 0.336 e. The number of imidazole rings is 1. The minimum atomic E-state index is 0. The maximum absolute atomic E-state index is 13.0. The van der Waals surface area contributed by atoms with E-state index in [4.69, 9.17) is 4.98 Å². The molecular formula is C18H23Cl2N5OS. The molecule has 0 aliphatic carbocycles. The molecule has 1 aliphatic heterocycles. The van der Waals surface area contributed by atoms with E-state index in [0.717, 1.165) is 47.1 Å². The Morgan fingerprint density at radius 2 is 2.11 bits per heavy atom. The molecule has 0 radical (unpaired) electrons. The molecule has 0 spiro atoms. The number of para-hydroxylation sites is 2. The number of carbonyl (C=O) groups excluding carboxylic acids is 1. The van der Waals surface area contributed by atoms with E-state index in [1.54, 1.807) is 11.3 Å². The van der Waals surface area contributed by atoms with E-state index < -0.39 is 0 Å². The number of fused-ring (bicyclic) bond motifs is 1. The van der Waals surface area contributed by atoms with Crippen molar-refractivity contribution in [3.63, 3.8) is 0 Å². The highest BCUT2D eigenvalue weighted by molar-refractivity contribution is 7.13. The number of benzene rings is 1. The van der Waals surface area contributed by atoms with Crippen LogP contribution < -0.4 is 5.32 Å². The fourth-order valence-electron chi connectivity index (χ4n) is 3.36. The fourth-order valence-corrected chi connectivity index (χ4v) is 4.16. The van der Waals surface area contributed by atoms with E-state index in [1.165, 1.54) is 0 Å². The molecule has 0 saturated carbocycles. The fraction of sp³-hybridized carbons (Fsp3) is 0.389. The number of aryl methyl sites for hydroxylation is 1. The van der Waals surface area contributed by atoms with Crippen LogP contribution in [0.25, 0.3) is 21.7 Å². The minimum Gasteiger partial charge on any atom is -0.336 e. The molecule has 0 unspecified atom stereocenters. The van der Waals surface area contributed by atoms with Gasteiger partial charge in [-0.15, -0.1) is 36.2 Å². The highest BCUT2D eigenvalue weighted by Crippen LogP contribution is 2.30. The van der Waals surface area contributed by atoms with Crippen molar-refractivity contribution in [1.82, 2.24) is 24.8 Å². The normalized spacial score (nSPS) is 16.7. The first-order valence-electron chi connectivity index (χ1n) is 8.51. The lowest BCUT2D eigenvalue weighted by atomic mass is 10.2. The SMILES string of the molecule is Cc1ncsc1-c1nc2ccccc2n1CC(=O)N1CCNC[C@@H]1C.Cl.Cl. The number of hydrogen-bond acceptors (Lipinski definition) is 5. The van der Waals surface area contributed by atoms with Gasteiger partial charge >= 0.3 is 0 Å². The quantitative estimate of drug-likeness (QED) is 0.697. The topological polar surface area (TPSA) is 63.1 Å². The molecule has 1 aliphatic rings. The summed E-state index contributed by atoms with van der Waals surface area (Å²) in [6.45, 7) is 6.82. The maximum Gasteiger partial charge on any atom is 0.242 e. The number of nitrogens with zero attached hydrogens (tertiary/aromatic N) is 4. The molecule has 6 nitrogen and oxygen atoms in total. The molecule has 4 rings (SSSR count). The second kappa shape index (κ2) is 9.01. The zero-order valence-electron chi connectivity index (χ0n) is 15.2. The number of halogens is 2. The van der Waals surface area contributed by atoms with E-state index in [9.17, 15) is 4.79 Å². The molecule has 27 heavy (non-hydrogen) atoms. The van der Waals surface area contributed by atoms with Crippen LogP contribution in [-0.2, 0) is 11.3 Å². The number of piperazine rings is 1. The van der Waals surface area contributed by atoms with Crippen molar-refractivity contribution in [1.29, 1.82) is 0 Å². The van der Waals surface area contributed by atoms with Gasteiger partial charge in [0.25, 0.3) is 0 Å². The van der Waals surface area contributed by atoms with Crippen LogP contribution in [0.2, 0.25) is 0 Å². The number of rotatable bonds is 3. The summed E-state index contributed by atoms with van der Waals surface area (Å²) in [5.74, 6) is 0.970. The number of aromatic nitrogens is 3. The van der Waals surface area contributed by atoms with Gasteiger partial charge in [0.05, 0.1) is 27.1 Å². The van der Waals surface area contributed by atoms with Crippen molar-refractivity contribution >= 4 is 53.1 Å². The highest BCUT2D eigenvalue weighted by Gasteiger charge is 2.25. The summed E-state index contributed by atoms with van der Waals surface area (Å²) in [6, 6.07) is 8.19. The molecule has 3 aromatic rings. The van der Waals surface area contributed by atoms with Gasteiger partial charge in [-0.25, -0.2) is 9.97 Å². The second-order valence-electron chi connectivity index (χ2n) is 6.42. The Balaban J connectivity index is 0.00000131. The van der Waals surface area contributed by atoms with Gasteiger partial charge in [-0.3, -0.25) is 4.79 Å². The van der Waals surface area contributed by atoms with E-state index in [2.05, 4.69) is 17.2 Å². The Hall–Kier alpha value is -1.67. The Kier molecular flexibility index (Phi) is 7.22. The van der Waals surface area contributed by atoms with Crippen LogP contribution >= 0.6 is 36.2 Å². The summed E-state index contributed by atoms with van der Waals surface area (Å²) < 4.78 is 2.03. The first-order valence-corrected chi connectivity index (χ1v) is 9.39. The van der Waals surface area contributed by atoms with E-state index in [0.29, 0.717) is 6.54 Å². The van der Waals surface area contributed by atoms with Crippen LogP contribution in [0, 0.1) is 6.92 Å². The molecule has 1 aromatic carbocycles. The molecule has 1 amide bonds. The molecule has 2 aromatic heterocycles. The summed E-state index contributed by atoms with van der Waals surface area (Å²) in [6.07, 6.45) is 0. The average Bonchev–Trinajstić information content (AvgIpc) is 3.19. The van der Waals surface area contributed by atoms with Crippen LogP contribution in [0.15, 0.2) is 29.8 Å². The van der Waals surface area contributed by atoms with Crippen molar-refractivity contribution in [2.45, 2.75) is 26.4 Å². The molecule has 9 heteroatoms. The predicted octanol–water partition coefficient (Wildman–Crippen LogP) is 3.13. The maximum atomic E-state index is 13.0. The Bertz CT molecular complexity index is 926. The van der Waals surface area contributed by atoms with Crippen LogP contribution in [0.5, 0.6) is 0 Å². The van der Waals surface area contributed by atoms with Crippen molar-refractivity contribution < 1.29 is 4.79 Å². The van der Waals surface area contributed by atoms with Gasteiger partial charge in [-0.1, -0.05) is 12.1 Å². The lowest BCUT2D eigenvalue weighted by Crippen LogP contribution is -2.53. The van der Waals surface area contributed by atoms with Gasteiger partial charge in [0.2, 0.25) is 5.91 Å². The molecule has 3 heterocycles. The molecular weight excluding hydrogens is 405 g/mol. The zero-order valence-corrected chi connectivity index (χ0v) is 17.7. The monoisotopic (exact) mass is 427 g/mol. The number of carbonyl (C=O) groups is 1. The van der Waals surface area contributed by atoms with Crippen LogP contribution in [-0.4, -0.2) is 51.0 Å². The lowest BCUT2D eigenvalue weighted by Gasteiger charge is -2.34. The molecule has 1 fully saturated rings. The first kappa shape index (κ1) is 21.6. The summed E-state index contributed by atoms with van der Waals surface area (Å²) >= 11 is 1.57. The molecule has 146 valence electrons. The van der Waals surface area contributed by atoms with Crippen LogP contribution in [0.3, 0.4) is 0 Å². The third-order valence-corrected chi connectivity index (χ3v) is 5.64. The van der Waals surface area contributed by atoms with Crippen LogP contribution in [0.1, 0.15) is 12.6 Å². The summed E-state index contributed by atoms with van der Waals surface area (Å²) in [4.78, 5) is 25.1. The molecule has 1 saturated heterocycles. The van der Waals surface area contributed by atoms with E-state index in [-0.39, 0.29) is 36.8 Å². The summed E-state index contributed by atoms with van der Waals surface area (Å²) in [7, 11) is 0. The molecule has 1 atom stereocenters. The van der Waals surface area contributed by atoms with E-state index in [1.807, 2.05) is 46.2 Å². The van der Waals surface area contributed by atoms with Gasteiger partial charge < -0.3 is 14.8 Å². The summed E-state index contributed by atoms with van der Waals surface area (Å²) in [5, 5.41) is 3.33. The van der Waals surface area contributed by atoms with Crippen molar-refractivity contribution in [2.24, 2.45) is 0 Å². The number of hydrogen-bond donors (Lipinski definition) is 1. The highest BCUT2D eigenvalue weighted by atomic mass is 35.5. The predicted molar refractivity (Wildman–Crippen MR) is 114 cm³/mol. The Morgan fingerprint density at radius 1 is 1.33 bits per heavy atom. The minimum absolute atomic E-state index is 0. The third kappa shape index (κ3) is 4.11. The molecule has 1 N–H and O–H groups in total. The van der Waals surface area contributed by atoms with Crippen LogP contribution in [0.4, 0.5) is 0 Å². The summed E-state index contributed by atoms with van der Waals surface area (Å²) in [5.41, 5.74) is 4.67. The smallest absolute Gasteiger partial charge is 0.242 e. The average molecular weight is 428 g/mol. The van der Waals surface area contributed by atoms with Crippen molar-refractivity contribution in [3.8, 4) is 10.7 Å². The molecule has 0 bridgehead atoms. The Labute approximate surface area is 174 Å².